The molecule has 6 nitrogen and oxygen atoms in total. The van der Waals surface area contributed by atoms with Gasteiger partial charge in [-0.1, -0.05) is 13.8 Å². The zero-order valence-corrected chi connectivity index (χ0v) is 9.71. The Morgan fingerprint density at radius 2 is 2.13 bits per heavy atom. The van der Waals surface area contributed by atoms with E-state index in [1.807, 2.05) is 0 Å². The van der Waals surface area contributed by atoms with Crippen molar-refractivity contribution >= 4 is 10.2 Å². The van der Waals surface area contributed by atoms with E-state index in [2.05, 4.69) is 14.9 Å². The lowest BCUT2D eigenvalue weighted by molar-refractivity contribution is 0.434. The van der Waals surface area contributed by atoms with Gasteiger partial charge in [-0.15, -0.1) is 0 Å². The molecule has 1 aromatic rings. The fraction of sp³-hybridized carbons (Fsp3) is 0.625. The molecule has 0 amide bonds. The van der Waals surface area contributed by atoms with E-state index in [9.17, 15) is 8.42 Å². The molecule has 0 aliphatic rings. The molecule has 86 valence electrons. The van der Waals surface area contributed by atoms with Gasteiger partial charge >= 0.3 is 0 Å². The van der Waals surface area contributed by atoms with Crippen LogP contribution >= 0.6 is 0 Å². The summed E-state index contributed by atoms with van der Waals surface area (Å²) in [7, 11) is -3.36. The smallest absolute Gasteiger partial charge is 0.279 e. The molecular weight excluding hydrogens is 216 g/mol. The minimum Gasteiger partial charge on any atom is -0.285 e. The van der Waals surface area contributed by atoms with E-state index in [-0.39, 0.29) is 6.54 Å². The van der Waals surface area contributed by atoms with Crippen molar-refractivity contribution < 1.29 is 8.42 Å². The second-order valence-electron chi connectivity index (χ2n) is 3.02. The highest BCUT2D eigenvalue weighted by Crippen LogP contribution is 1.99. The summed E-state index contributed by atoms with van der Waals surface area (Å²) in [6, 6.07) is 0. The predicted molar refractivity (Wildman–Crippen MR) is 57.3 cm³/mol. The Morgan fingerprint density at radius 3 is 2.60 bits per heavy atom. The molecule has 0 bridgehead atoms. The Balaban J connectivity index is 2.57. The zero-order valence-electron chi connectivity index (χ0n) is 8.90. The molecule has 15 heavy (non-hydrogen) atoms. The van der Waals surface area contributed by atoms with Gasteiger partial charge in [-0.05, 0) is 0 Å². The largest absolute Gasteiger partial charge is 0.285 e. The van der Waals surface area contributed by atoms with Crippen molar-refractivity contribution in [2.24, 2.45) is 0 Å². The van der Waals surface area contributed by atoms with Crippen LogP contribution in [0.25, 0.3) is 0 Å². The maximum Gasteiger partial charge on any atom is 0.279 e. The molecular formula is C8H16N4O2S. The Bertz CT molecular complexity index is 369. The molecule has 1 rings (SSSR count). The van der Waals surface area contributed by atoms with Crippen LogP contribution in [-0.2, 0) is 16.8 Å². The molecule has 0 aliphatic heterocycles. The number of aromatic nitrogens is 2. The molecule has 1 aromatic heterocycles. The molecule has 0 saturated heterocycles. The average molecular weight is 232 g/mol. The molecule has 1 heterocycles. The van der Waals surface area contributed by atoms with Crippen LogP contribution in [0.1, 0.15) is 19.4 Å². The molecule has 2 N–H and O–H groups in total. The first-order valence-corrected chi connectivity index (χ1v) is 6.26. The second kappa shape index (κ2) is 5.24. The molecule has 0 aliphatic carbocycles. The third-order valence-electron chi connectivity index (χ3n) is 2.06. The fourth-order valence-electron chi connectivity index (χ4n) is 1.20. The summed E-state index contributed by atoms with van der Waals surface area (Å²) in [5, 5.41) is 6.36. The van der Waals surface area contributed by atoms with Crippen LogP contribution in [0.4, 0.5) is 0 Å². The van der Waals surface area contributed by atoms with Gasteiger partial charge in [-0.25, -0.2) is 0 Å². The summed E-state index contributed by atoms with van der Waals surface area (Å²) >= 11 is 0. The summed E-state index contributed by atoms with van der Waals surface area (Å²) in [6.45, 7) is 4.81. The number of aromatic amines is 1. The maximum atomic E-state index is 11.7. The number of nitrogens with one attached hydrogen (secondary N) is 2. The van der Waals surface area contributed by atoms with Crippen molar-refractivity contribution in [3.8, 4) is 0 Å². The topological polar surface area (TPSA) is 78.1 Å². The van der Waals surface area contributed by atoms with E-state index >= 15 is 0 Å². The maximum absolute atomic E-state index is 11.7. The average Bonchev–Trinajstić information content (AvgIpc) is 2.69. The van der Waals surface area contributed by atoms with Gasteiger partial charge in [0.1, 0.15) is 0 Å². The number of rotatable bonds is 6. The Kier molecular flexibility index (Phi) is 4.25. The van der Waals surface area contributed by atoms with Gasteiger partial charge in [0, 0.05) is 31.4 Å². The summed E-state index contributed by atoms with van der Waals surface area (Å²) in [4.78, 5) is 0. The molecule has 0 radical (unpaired) electrons. The standard InChI is InChI=1S/C8H16N4O2S/c1-3-12(4-2)15(13,14)11-7-8-5-9-10-6-8/h5-6,11H,3-4,7H2,1-2H3,(H,9,10). The van der Waals surface area contributed by atoms with Crippen LogP contribution in [-0.4, -0.2) is 36.0 Å². The molecule has 0 saturated carbocycles. The zero-order chi connectivity index (χ0) is 11.3. The summed E-state index contributed by atoms with van der Waals surface area (Å²) in [6.07, 6.45) is 3.25. The summed E-state index contributed by atoms with van der Waals surface area (Å²) in [5.74, 6) is 0. The monoisotopic (exact) mass is 232 g/mol. The van der Waals surface area contributed by atoms with E-state index in [1.54, 1.807) is 26.2 Å². The third-order valence-corrected chi connectivity index (χ3v) is 3.76. The minimum absolute atomic E-state index is 0.259. The van der Waals surface area contributed by atoms with Gasteiger partial charge < -0.3 is 0 Å². The summed E-state index contributed by atoms with van der Waals surface area (Å²) < 4.78 is 27.2. The molecule has 0 atom stereocenters. The first-order chi connectivity index (χ1) is 7.10. The summed E-state index contributed by atoms with van der Waals surface area (Å²) in [5.41, 5.74) is 0.811. The highest BCUT2D eigenvalue weighted by molar-refractivity contribution is 7.87. The van der Waals surface area contributed by atoms with Gasteiger partial charge in [-0.3, -0.25) is 5.10 Å². The molecule has 0 aromatic carbocycles. The second-order valence-corrected chi connectivity index (χ2v) is 4.77. The van der Waals surface area contributed by atoms with Crippen LogP contribution in [0.2, 0.25) is 0 Å². The van der Waals surface area contributed by atoms with E-state index < -0.39 is 10.2 Å². The first kappa shape index (κ1) is 12.2. The van der Waals surface area contributed by atoms with Crippen LogP contribution in [0.3, 0.4) is 0 Å². The fourth-order valence-corrected chi connectivity index (χ4v) is 2.42. The van der Waals surface area contributed by atoms with Gasteiger partial charge in [0.15, 0.2) is 0 Å². The number of hydrogen-bond donors (Lipinski definition) is 2. The van der Waals surface area contributed by atoms with Crippen LogP contribution < -0.4 is 4.72 Å². The van der Waals surface area contributed by atoms with Gasteiger partial charge in [0.25, 0.3) is 10.2 Å². The van der Waals surface area contributed by atoms with Gasteiger partial charge in [-0.2, -0.15) is 22.5 Å². The lowest BCUT2D eigenvalue weighted by atomic mass is 10.4. The van der Waals surface area contributed by atoms with E-state index in [0.29, 0.717) is 13.1 Å². The van der Waals surface area contributed by atoms with Crippen molar-refractivity contribution in [1.82, 2.24) is 19.2 Å². The molecule has 7 heteroatoms. The number of H-pyrrole nitrogens is 1. The van der Waals surface area contributed by atoms with E-state index in [0.717, 1.165) is 5.56 Å². The van der Waals surface area contributed by atoms with Gasteiger partial charge in [0.2, 0.25) is 0 Å². The highest BCUT2D eigenvalue weighted by Gasteiger charge is 2.17. The lowest BCUT2D eigenvalue weighted by Crippen LogP contribution is -2.40. The minimum atomic E-state index is -3.36. The van der Waals surface area contributed by atoms with Crippen LogP contribution in [0.15, 0.2) is 12.4 Å². The van der Waals surface area contributed by atoms with Crippen molar-refractivity contribution in [3.63, 3.8) is 0 Å². The normalized spacial score (nSPS) is 12.2. The van der Waals surface area contributed by atoms with E-state index in [4.69, 9.17) is 0 Å². The van der Waals surface area contributed by atoms with Crippen LogP contribution in [0.5, 0.6) is 0 Å². The molecule has 0 unspecified atom stereocenters. The van der Waals surface area contributed by atoms with Crippen molar-refractivity contribution in [3.05, 3.63) is 18.0 Å². The highest BCUT2D eigenvalue weighted by atomic mass is 32.2. The van der Waals surface area contributed by atoms with Gasteiger partial charge in [0.05, 0.1) is 6.20 Å². The third kappa shape index (κ3) is 3.29. The number of hydrogen-bond acceptors (Lipinski definition) is 3. The predicted octanol–water partition coefficient (Wildman–Crippen LogP) is 0.0859. The van der Waals surface area contributed by atoms with Crippen LogP contribution in [0, 0.1) is 0 Å². The van der Waals surface area contributed by atoms with Crippen molar-refractivity contribution in [1.29, 1.82) is 0 Å². The molecule has 0 spiro atoms. The first-order valence-electron chi connectivity index (χ1n) is 4.82. The van der Waals surface area contributed by atoms with E-state index in [1.165, 1.54) is 4.31 Å². The number of nitrogens with zero attached hydrogens (tertiary/aromatic N) is 2. The Hall–Kier alpha value is -0.920. The van der Waals surface area contributed by atoms with Crippen molar-refractivity contribution in [2.75, 3.05) is 13.1 Å². The van der Waals surface area contributed by atoms with Crippen molar-refractivity contribution in [2.45, 2.75) is 20.4 Å². The SMILES string of the molecule is CCN(CC)S(=O)(=O)NCc1cn[nH]c1. The molecule has 0 fully saturated rings. The Morgan fingerprint density at radius 1 is 1.47 bits per heavy atom. The lowest BCUT2D eigenvalue weighted by Gasteiger charge is -2.18. The quantitative estimate of drug-likeness (QED) is 0.729. The Labute approximate surface area is 89.9 Å².